The minimum Gasteiger partial charge on any atom is -0.374 e. The van der Waals surface area contributed by atoms with Gasteiger partial charge in [-0.3, -0.25) is 4.90 Å². The molecular formula is C11H23N3O. The molecule has 4 heteroatoms. The summed E-state index contributed by atoms with van der Waals surface area (Å²) in [6.45, 7) is 6.49. The van der Waals surface area contributed by atoms with E-state index in [0.29, 0.717) is 6.10 Å². The van der Waals surface area contributed by atoms with E-state index in [0.717, 1.165) is 38.8 Å². The van der Waals surface area contributed by atoms with Crippen molar-refractivity contribution in [1.82, 2.24) is 15.1 Å². The van der Waals surface area contributed by atoms with Gasteiger partial charge in [0, 0.05) is 32.2 Å². The molecule has 2 heterocycles. The summed E-state index contributed by atoms with van der Waals surface area (Å²) >= 11 is 0. The molecule has 0 amide bonds. The Morgan fingerprint density at radius 1 is 1.47 bits per heavy atom. The van der Waals surface area contributed by atoms with E-state index >= 15 is 0 Å². The van der Waals surface area contributed by atoms with Crippen molar-refractivity contribution in [3.05, 3.63) is 0 Å². The molecule has 2 unspecified atom stereocenters. The topological polar surface area (TPSA) is 27.7 Å². The van der Waals surface area contributed by atoms with Gasteiger partial charge in [-0.05, 0) is 27.1 Å². The Hall–Kier alpha value is -0.160. The molecule has 0 saturated carbocycles. The lowest BCUT2D eigenvalue weighted by Gasteiger charge is -2.37. The van der Waals surface area contributed by atoms with Crippen LogP contribution in [0.25, 0.3) is 0 Å². The van der Waals surface area contributed by atoms with E-state index in [2.05, 4.69) is 29.2 Å². The Balaban J connectivity index is 1.80. The molecule has 0 bridgehead atoms. The zero-order chi connectivity index (χ0) is 10.7. The van der Waals surface area contributed by atoms with E-state index in [1.165, 1.54) is 13.0 Å². The van der Waals surface area contributed by atoms with Gasteiger partial charge >= 0.3 is 0 Å². The average molecular weight is 213 g/mol. The molecule has 1 N–H and O–H groups in total. The quantitative estimate of drug-likeness (QED) is 0.691. The third kappa shape index (κ3) is 3.14. The molecule has 0 aromatic rings. The van der Waals surface area contributed by atoms with E-state index in [1.54, 1.807) is 0 Å². The first-order valence-electron chi connectivity index (χ1n) is 5.97. The molecule has 2 aliphatic rings. The lowest BCUT2D eigenvalue weighted by Crippen LogP contribution is -2.50. The van der Waals surface area contributed by atoms with E-state index in [4.69, 9.17) is 4.74 Å². The highest BCUT2D eigenvalue weighted by Crippen LogP contribution is 2.13. The zero-order valence-corrected chi connectivity index (χ0v) is 9.91. The van der Waals surface area contributed by atoms with Crippen LogP contribution in [0.1, 0.15) is 6.42 Å². The zero-order valence-electron chi connectivity index (χ0n) is 9.91. The predicted octanol–water partition coefficient (Wildman–Crippen LogP) is -0.389. The minimum absolute atomic E-state index is 0.398. The van der Waals surface area contributed by atoms with Gasteiger partial charge in [0.2, 0.25) is 0 Å². The molecular weight excluding hydrogens is 190 g/mol. The Kier molecular flexibility index (Phi) is 3.97. The molecule has 4 nitrogen and oxygen atoms in total. The predicted molar refractivity (Wildman–Crippen MR) is 61.1 cm³/mol. The van der Waals surface area contributed by atoms with Crippen LogP contribution in [0.15, 0.2) is 0 Å². The van der Waals surface area contributed by atoms with Crippen molar-refractivity contribution < 1.29 is 4.74 Å². The van der Waals surface area contributed by atoms with Crippen molar-refractivity contribution in [1.29, 1.82) is 0 Å². The number of hydrogen-bond donors (Lipinski definition) is 1. The summed E-state index contributed by atoms with van der Waals surface area (Å²) < 4.78 is 5.77. The molecule has 2 aliphatic heterocycles. The van der Waals surface area contributed by atoms with Crippen molar-refractivity contribution in [2.75, 3.05) is 53.4 Å². The SMILES string of the molecule is CN(C)CC1CN(C2CCNC2)CCO1. The Morgan fingerprint density at radius 3 is 3.00 bits per heavy atom. The largest absolute Gasteiger partial charge is 0.374 e. The first kappa shape index (κ1) is 11.3. The lowest BCUT2D eigenvalue weighted by molar-refractivity contribution is -0.0491. The number of morpholine rings is 1. The number of likely N-dealkylation sites (N-methyl/N-ethyl adjacent to an activating group) is 1. The number of nitrogens with zero attached hydrogens (tertiary/aromatic N) is 2. The monoisotopic (exact) mass is 213 g/mol. The normalized spacial score (nSPS) is 33.8. The molecule has 0 spiro atoms. The third-order valence-electron chi connectivity index (χ3n) is 3.29. The Morgan fingerprint density at radius 2 is 2.33 bits per heavy atom. The second-order valence-corrected chi connectivity index (χ2v) is 4.90. The maximum atomic E-state index is 5.77. The van der Waals surface area contributed by atoms with E-state index in [9.17, 15) is 0 Å². The number of nitrogens with one attached hydrogen (secondary N) is 1. The van der Waals surface area contributed by atoms with E-state index < -0.39 is 0 Å². The summed E-state index contributed by atoms with van der Waals surface area (Å²) in [5.41, 5.74) is 0. The van der Waals surface area contributed by atoms with Crippen LogP contribution in [0, 0.1) is 0 Å². The van der Waals surface area contributed by atoms with Crippen LogP contribution >= 0.6 is 0 Å². The van der Waals surface area contributed by atoms with Crippen LogP contribution in [0.5, 0.6) is 0 Å². The molecule has 88 valence electrons. The van der Waals surface area contributed by atoms with Crippen LogP contribution in [-0.4, -0.2) is 75.4 Å². The number of rotatable bonds is 3. The summed E-state index contributed by atoms with van der Waals surface area (Å²) in [5.74, 6) is 0. The van der Waals surface area contributed by atoms with Gasteiger partial charge in [-0.2, -0.15) is 0 Å². The standard InChI is InChI=1S/C11H23N3O/c1-13(2)8-11-9-14(5-6-15-11)10-3-4-12-7-10/h10-12H,3-9H2,1-2H3. The van der Waals surface area contributed by atoms with E-state index in [1.807, 2.05) is 0 Å². The molecule has 0 aromatic carbocycles. The van der Waals surface area contributed by atoms with Gasteiger partial charge in [0.25, 0.3) is 0 Å². The summed E-state index contributed by atoms with van der Waals surface area (Å²) in [6, 6.07) is 0.749. The highest BCUT2D eigenvalue weighted by molar-refractivity contribution is 4.84. The fourth-order valence-electron chi connectivity index (χ4n) is 2.54. The fourth-order valence-corrected chi connectivity index (χ4v) is 2.54. The maximum Gasteiger partial charge on any atom is 0.0829 e. The van der Waals surface area contributed by atoms with Crippen LogP contribution in [0.3, 0.4) is 0 Å². The van der Waals surface area contributed by atoms with E-state index in [-0.39, 0.29) is 0 Å². The fraction of sp³-hybridized carbons (Fsp3) is 1.00. The van der Waals surface area contributed by atoms with Gasteiger partial charge in [-0.1, -0.05) is 0 Å². The number of hydrogen-bond acceptors (Lipinski definition) is 4. The number of ether oxygens (including phenoxy) is 1. The Labute approximate surface area is 92.6 Å². The molecule has 15 heavy (non-hydrogen) atoms. The molecule has 0 aliphatic carbocycles. The van der Waals surface area contributed by atoms with Crippen LogP contribution in [0.4, 0.5) is 0 Å². The molecule has 2 saturated heterocycles. The summed E-state index contributed by atoms with van der Waals surface area (Å²) in [7, 11) is 4.22. The highest BCUT2D eigenvalue weighted by Gasteiger charge is 2.28. The lowest BCUT2D eigenvalue weighted by atomic mass is 10.1. The van der Waals surface area contributed by atoms with Gasteiger partial charge in [-0.15, -0.1) is 0 Å². The third-order valence-corrected chi connectivity index (χ3v) is 3.29. The van der Waals surface area contributed by atoms with Crippen molar-refractivity contribution in [2.24, 2.45) is 0 Å². The maximum absolute atomic E-state index is 5.77. The molecule has 2 rings (SSSR count). The van der Waals surface area contributed by atoms with Gasteiger partial charge < -0.3 is 15.0 Å². The first-order chi connectivity index (χ1) is 7.25. The van der Waals surface area contributed by atoms with Crippen molar-refractivity contribution in [2.45, 2.75) is 18.6 Å². The van der Waals surface area contributed by atoms with Crippen LogP contribution in [0.2, 0.25) is 0 Å². The minimum atomic E-state index is 0.398. The van der Waals surface area contributed by atoms with Crippen molar-refractivity contribution in [3.63, 3.8) is 0 Å². The Bertz CT molecular complexity index is 192. The second-order valence-electron chi connectivity index (χ2n) is 4.90. The van der Waals surface area contributed by atoms with Gasteiger partial charge in [0.05, 0.1) is 12.7 Å². The molecule has 0 radical (unpaired) electrons. The van der Waals surface area contributed by atoms with Crippen LogP contribution < -0.4 is 5.32 Å². The molecule has 2 atom stereocenters. The van der Waals surface area contributed by atoms with Crippen molar-refractivity contribution in [3.8, 4) is 0 Å². The molecule has 2 fully saturated rings. The van der Waals surface area contributed by atoms with Gasteiger partial charge in [-0.25, -0.2) is 0 Å². The van der Waals surface area contributed by atoms with Crippen molar-refractivity contribution >= 4 is 0 Å². The van der Waals surface area contributed by atoms with Gasteiger partial charge in [0.1, 0.15) is 0 Å². The van der Waals surface area contributed by atoms with Crippen LogP contribution in [-0.2, 0) is 4.74 Å². The summed E-state index contributed by atoms with van der Waals surface area (Å²) in [4.78, 5) is 4.80. The average Bonchev–Trinajstić information content (AvgIpc) is 2.69. The van der Waals surface area contributed by atoms with Gasteiger partial charge in [0.15, 0.2) is 0 Å². The smallest absolute Gasteiger partial charge is 0.0829 e. The first-order valence-corrected chi connectivity index (χ1v) is 5.97. The summed E-state index contributed by atoms with van der Waals surface area (Å²) in [6.07, 6.45) is 1.70. The summed E-state index contributed by atoms with van der Waals surface area (Å²) in [5, 5.41) is 3.43. The molecule has 0 aromatic heterocycles. The highest BCUT2D eigenvalue weighted by atomic mass is 16.5. The second kappa shape index (κ2) is 5.25.